The van der Waals surface area contributed by atoms with Crippen molar-refractivity contribution in [3.8, 4) is 0 Å². The van der Waals surface area contributed by atoms with Crippen molar-refractivity contribution in [2.45, 2.75) is 6.54 Å². The van der Waals surface area contributed by atoms with Gasteiger partial charge in [0.15, 0.2) is 0 Å². The number of nitrogens with one attached hydrogen (secondary N) is 1. The maximum atomic E-state index is 4.12. The third-order valence-corrected chi connectivity index (χ3v) is 1.93. The Labute approximate surface area is 76.6 Å². The summed E-state index contributed by atoms with van der Waals surface area (Å²) in [6, 6.07) is 0. The van der Waals surface area contributed by atoms with Crippen molar-refractivity contribution < 1.29 is 0 Å². The maximum Gasteiger partial charge on any atom is 0.140 e. The predicted molar refractivity (Wildman–Crippen MR) is 51.3 cm³/mol. The molecule has 68 valence electrons. The Kier molecular flexibility index (Phi) is 1.98. The molecular weight excluding hydrogens is 164 g/mol. The SMILES string of the molecule is CN(C)Cc1c[nH]c2ncncc12. The van der Waals surface area contributed by atoms with Gasteiger partial charge in [0.2, 0.25) is 0 Å². The Bertz CT molecular complexity index is 405. The molecule has 0 aliphatic heterocycles. The van der Waals surface area contributed by atoms with E-state index in [1.165, 1.54) is 5.56 Å². The fraction of sp³-hybridized carbons (Fsp3) is 0.333. The molecule has 0 fully saturated rings. The van der Waals surface area contributed by atoms with E-state index < -0.39 is 0 Å². The van der Waals surface area contributed by atoms with Crippen LogP contribution in [0, 0.1) is 0 Å². The summed E-state index contributed by atoms with van der Waals surface area (Å²) in [6.45, 7) is 0.910. The molecule has 2 aromatic rings. The molecule has 0 aromatic carbocycles. The van der Waals surface area contributed by atoms with Gasteiger partial charge in [-0.1, -0.05) is 0 Å². The molecule has 0 unspecified atom stereocenters. The molecule has 1 N–H and O–H groups in total. The van der Waals surface area contributed by atoms with Crippen LogP contribution in [0.1, 0.15) is 5.56 Å². The van der Waals surface area contributed by atoms with Gasteiger partial charge in [-0.05, 0) is 19.7 Å². The average molecular weight is 176 g/mol. The zero-order valence-corrected chi connectivity index (χ0v) is 7.78. The van der Waals surface area contributed by atoms with Crippen LogP contribution in [-0.2, 0) is 6.54 Å². The molecule has 2 heterocycles. The highest BCUT2D eigenvalue weighted by molar-refractivity contribution is 5.78. The molecule has 0 saturated heterocycles. The van der Waals surface area contributed by atoms with Gasteiger partial charge in [-0.3, -0.25) is 0 Å². The highest BCUT2D eigenvalue weighted by Gasteiger charge is 2.04. The largest absolute Gasteiger partial charge is 0.346 e. The molecule has 4 heteroatoms. The number of hydrogen-bond donors (Lipinski definition) is 1. The fourth-order valence-electron chi connectivity index (χ4n) is 1.38. The first-order valence-electron chi connectivity index (χ1n) is 4.18. The number of fused-ring (bicyclic) bond motifs is 1. The quantitative estimate of drug-likeness (QED) is 0.743. The van der Waals surface area contributed by atoms with Crippen molar-refractivity contribution in [3.05, 3.63) is 24.3 Å². The van der Waals surface area contributed by atoms with Crippen molar-refractivity contribution in [2.24, 2.45) is 0 Å². The first-order valence-corrected chi connectivity index (χ1v) is 4.18. The minimum Gasteiger partial charge on any atom is -0.346 e. The van der Waals surface area contributed by atoms with Crippen molar-refractivity contribution in [1.29, 1.82) is 0 Å². The van der Waals surface area contributed by atoms with Gasteiger partial charge in [0.25, 0.3) is 0 Å². The van der Waals surface area contributed by atoms with Crippen molar-refractivity contribution in [2.75, 3.05) is 14.1 Å². The van der Waals surface area contributed by atoms with Crippen LogP contribution < -0.4 is 0 Å². The van der Waals surface area contributed by atoms with Crippen molar-refractivity contribution >= 4 is 11.0 Å². The summed E-state index contributed by atoms with van der Waals surface area (Å²) in [4.78, 5) is 13.4. The molecule has 0 spiro atoms. The Morgan fingerprint density at radius 3 is 3.08 bits per heavy atom. The monoisotopic (exact) mass is 176 g/mol. The lowest BCUT2D eigenvalue weighted by molar-refractivity contribution is 0.404. The smallest absolute Gasteiger partial charge is 0.140 e. The molecular formula is C9H12N4. The van der Waals surface area contributed by atoms with E-state index in [1.807, 2.05) is 26.5 Å². The molecule has 0 atom stereocenters. The summed E-state index contributed by atoms with van der Waals surface area (Å²) < 4.78 is 0. The van der Waals surface area contributed by atoms with Gasteiger partial charge < -0.3 is 9.88 Å². The van der Waals surface area contributed by atoms with Crippen LogP contribution >= 0.6 is 0 Å². The third-order valence-electron chi connectivity index (χ3n) is 1.93. The summed E-state index contributed by atoms with van der Waals surface area (Å²) in [5, 5.41) is 1.11. The highest BCUT2D eigenvalue weighted by Crippen LogP contribution is 2.15. The van der Waals surface area contributed by atoms with E-state index in [2.05, 4.69) is 19.9 Å². The number of H-pyrrole nitrogens is 1. The molecule has 0 bridgehead atoms. The van der Waals surface area contributed by atoms with Crippen LogP contribution in [0.2, 0.25) is 0 Å². The van der Waals surface area contributed by atoms with E-state index in [4.69, 9.17) is 0 Å². The lowest BCUT2D eigenvalue weighted by atomic mass is 10.2. The first kappa shape index (κ1) is 8.19. The number of aromatic amines is 1. The first-order chi connectivity index (χ1) is 6.27. The zero-order valence-electron chi connectivity index (χ0n) is 7.78. The van der Waals surface area contributed by atoms with Crippen LogP contribution in [0.15, 0.2) is 18.7 Å². The molecule has 2 rings (SSSR count). The Hall–Kier alpha value is -1.42. The molecule has 0 aliphatic rings. The molecule has 0 aliphatic carbocycles. The Morgan fingerprint density at radius 1 is 1.46 bits per heavy atom. The standard InChI is InChI=1S/C9H12N4/c1-13(2)5-7-3-11-9-8(7)4-10-6-12-9/h3-4,6H,5H2,1-2H3,(H,10,11,12). The zero-order chi connectivity index (χ0) is 9.26. The molecule has 0 radical (unpaired) electrons. The molecule has 4 nitrogen and oxygen atoms in total. The van der Waals surface area contributed by atoms with E-state index in [9.17, 15) is 0 Å². The second-order valence-electron chi connectivity index (χ2n) is 3.34. The second-order valence-corrected chi connectivity index (χ2v) is 3.34. The predicted octanol–water partition coefficient (Wildman–Crippen LogP) is 1.02. The van der Waals surface area contributed by atoms with Crippen LogP contribution in [0.5, 0.6) is 0 Å². The summed E-state index contributed by atoms with van der Waals surface area (Å²) in [5.74, 6) is 0. The summed E-state index contributed by atoms with van der Waals surface area (Å²) in [5.41, 5.74) is 2.15. The number of nitrogens with zero attached hydrogens (tertiary/aromatic N) is 3. The normalized spacial score (nSPS) is 11.3. The Balaban J connectivity index is 2.46. The minimum atomic E-state index is 0.909. The van der Waals surface area contributed by atoms with Gasteiger partial charge >= 0.3 is 0 Å². The highest BCUT2D eigenvalue weighted by atomic mass is 15.1. The molecule has 2 aromatic heterocycles. The molecule has 13 heavy (non-hydrogen) atoms. The topological polar surface area (TPSA) is 44.8 Å². The van der Waals surface area contributed by atoms with Crippen molar-refractivity contribution in [3.63, 3.8) is 0 Å². The number of hydrogen-bond acceptors (Lipinski definition) is 3. The van der Waals surface area contributed by atoms with Gasteiger partial charge in [0.1, 0.15) is 12.0 Å². The summed E-state index contributed by atoms with van der Waals surface area (Å²) in [6.07, 6.45) is 5.38. The van der Waals surface area contributed by atoms with E-state index in [0.29, 0.717) is 0 Å². The van der Waals surface area contributed by atoms with Crippen LogP contribution in [0.3, 0.4) is 0 Å². The lowest BCUT2D eigenvalue weighted by Crippen LogP contribution is -2.10. The molecule has 0 amide bonds. The van der Waals surface area contributed by atoms with Crippen LogP contribution in [-0.4, -0.2) is 33.9 Å². The van der Waals surface area contributed by atoms with Gasteiger partial charge in [-0.2, -0.15) is 0 Å². The van der Waals surface area contributed by atoms with E-state index >= 15 is 0 Å². The third kappa shape index (κ3) is 1.53. The second kappa shape index (κ2) is 3.14. The van der Waals surface area contributed by atoms with E-state index in [0.717, 1.165) is 17.6 Å². The maximum absolute atomic E-state index is 4.12. The molecule has 0 saturated carbocycles. The van der Waals surface area contributed by atoms with Crippen LogP contribution in [0.4, 0.5) is 0 Å². The minimum absolute atomic E-state index is 0.909. The van der Waals surface area contributed by atoms with E-state index in [1.54, 1.807) is 6.33 Å². The summed E-state index contributed by atoms with van der Waals surface area (Å²) >= 11 is 0. The fourth-order valence-corrected chi connectivity index (χ4v) is 1.38. The number of aromatic nitrogens is 3. The summed E-state index contributed by atoms with van der Waals surface area (Å²) in [7, 11) is 4.09. The van der Waals surface area contributed by atoms with Gasteiger partial charge in [-0.25, -0.2) is 9.97 Å². The van der Waals surface area contributed by atoms with Crippen molar-refractivity contribution in [1.82, 2.24) is 19.9 Å². The lowest BCUT2D eigenvalue weighted by Gasteiger charge is -2.07. The van der Waals surface area contributed by atoms with Gasteiger partial charge in [0, 0.05) is 24.3 Å². The van der Waals surface area contributed by atoms with Crippen LogP contribution in [0.25, 0.3) is 11.0 Å². The van der Waals surface area contributed by atoms with E-state index in [-0.39, 0.29) is 0 Å². The van der Waals surface area contributed by atoms with Gasteiger partial charge in [-0.15, -0.1) is 0 Å². The average Bonchev–Trinajstić information content (AvgIpc) is 2.48. The Morgan fingerprint density at radius 2 is 2.31 bits per heavy atom. The number of rotatable bonds is 2. The van der Waals surface area contributed by atoms with Gasteiger partial charge in [0.05, 0.1) is 0 Å².